The van der Waals surface area contributed by atoms with E-state index in [0.29, 0.717) is 26.8 Å². The molecule has 1 unspecified atom stereocenters. The summed E-state index contributed by atoms with van der Waals surface area (Å²) in [5, 5.41) is 12.6. The number of hydrogen-bond donors (Lipinski definition) is 2. The van der Waals surface area contributed by atoms with Crippen molar-refractivity contribution < 1.29 is 14.0 Å². The minimum Gasteiger partial charge on any atom is -0.461 e. The Morgan fingerprint density at radius 3 is 2.77 bits per heavy atom. The predicted octanol–water partition coefficient (Wildman–Crippen LogP) is 3.69. The zero-order valence-electron chi connectivity index (χ0n) is 16.0. The van der Waals surface area contributed by atoms with Crippen molar-refractivity contribution in [2.24, 2.45) is 5.73 Å². The Labute approximate surface area is 187 Å². The molecule has 3 N–H and O–H groups in total. The van der Waals surface area contributed by atoms with Crippen LogP contribution in [-0.2, 0) is 16.1 Å². The highest BCUT2D eigenvalue weighted by molar-refractivity contribution is 7.99. The molecule has 2 aromatic heterocycles. The number of benzene rings is 1. The third kappa shape index (κ3) is 5.56. The molecular formula is C19H19Cl2N5O3S. The van der Waals surface area contributed by atoms with E-state index in [1.54, 1.807) is 34.9 Å². The zero-order valence-corrected chi connectivity index (χ0v) is 18.3. The summed E-state index contributed by atoms with van der Waals surface area (Å²) < 4.78 is 7.09. The molecule has 8 nitrogen and oxygen atoms in total. The van der Waals surface area contributed by atoms with Gasteiger partial charge in [-0.05, 0) is 36.8 Å². The highest BCUT2D eigenvalue weighted by atomic mass is 35.5. The molecule has 2 heterocycles. The van der Waals surface area contributed by atoms with Crippen LogP contribution >= 0.6 is 35.0 Å². The molecule has 11 heteroatoms. The van der Waals surface area contributed by atoms with Crippen molar-refractivity contribution in [1.29, 1.82) is 0 Å². The quantitative estimate of drug-likeness (QED) is 0.463. The third-order valence-corrected chi connectivity index (χ3v) is 5.71. The topological polar surface area (TPSA) is 116 Å². The maximum Gasteiger partial charge on any atom is 0.230 e. The van der Waals surface area contributed by atoms with Gasteiger partial charge in [0.1, 0.15) is 0 Å². The Morgan fingerprint density at radius 1 is 1.30 bits per heavy atom. The van der Waals surface area contributed by atoms with Crippen molar-refractivity contribution in [1.82, 2.24) is 20.1 Å². The molecule has 0 spiro atoms. The Morgan fingerprint density at radius 2 is 2.10 bits per heavy atom. The summed E-state index contributed by atoms with van der Waals surface area (Å²) in [5.74, 6) is 0.418. The lowest BCUT2D eigenvalue weighted by atomic mass is 10.1. The van der Waals surface area contributed by atoms with Gasteiger partial charge in [0.15, 0.2) is 16.7 Å². The van der Waals surface area contributed by atoms with Gasteiger partial charge < -0.3 is 15.5 Å². The number of aromatic nitrogens is 3. The van der Waals surface area contributed by atoms with E-state index in [0.717, 1.165) is 5.56 Å². The SMILES string of the molecule is CC(NC(=O)CSc1nnc(-c2ccco2)n1CCC(N)=O)c1ccc(Cl)cc1Cl. The summed E-state index contributed by atoms with van der Waals surface area (Å²) in [6.07, 6.45) is 1.63. The number of nitrogens with zero attached hydrogens (tertiary/aromatic N) is 3. The summed E-state index contributed by atoms with van der Waals surface area (Å²) in [6, 6.07) is 8.30. The van der Waals surface area contributed by atoms with Crippen LogP contribution in [-0.4, -0.2) is 32.3 Å². The molecule has 2 amide bonds. The second-order valence-electron chi connectivity index (χ2n) is 6.40. The Kier molecular flexibility index (Phi) is 7.41. The van der Waals surface area contributed by atoms with E-state index in [4.69, 9.17) is 33.4 Å². The van der Waals surface area contributed by atoms with Crippen LogP contribution in [0.2, 0.25) is 10.0 Å². The fourth-order valence-corrected chi connectivity index (χ4v) is 4.10. The number of carbonyl (C=O) groups is 2. The highest BCUT2D eigenvalue weighted by Crippen LogP contribution is 2.27. The first-order valence-corrected chi connectivity index (χ1v) is 10.7. The van der Waals surface area contributed by atoms with Gasteiger partial charge in [-0.3, -0.25) is 14.2 Å². The first-order chi connectivity index (χ1) is 14.3. The number of rotatable bonds is 9. The fourth-order valence-electron chi connectivity index (χ4n) is 2.75. The third-order valence-electron chi connectivity index (χ3n) is 4.18. The summed E-state index contributed by atoms with van der Waals surface area (Å²) in [6.45, 7) is 2.11. The molecule has 0 saturated carbocycles. The van der Waals surface area contributed by atoms with E-state index in [2.05, 4.69) is 15.5 Å². The zero-order chi connectivity index (χ0) is 21.7. The van der Waals surface area contributed by atoms with Crippen molar-refractivity contribution in [3.8, 4) is 11.6 Å². The predicted molar refractivity (Wildman–Crippen MR) is 115 cm³/mol. The summed E-state index contributed by atoms with van der Waals surface area (Å²) in [5.41, 5.74) is 6.04. The van der Waals surface area contributed by atoms with Gasteiger partial charge in [-0.1, -0.05) is 41.0 Å². The highest BCUT2D eigenvalue weighted by Gasteiger charge is 2.19. The number of hydrogen-bond acceptors (Lipinski definition) is 6. The normalized spacial score (nSPS) is 12.0. The van der Waals surface area contributed by atoms with E-state index in [-0.39, 0.29) is 30.7 Å². The van der Waals surface area contributed by atoms with E-state index < -0.39 is 5.91 Å². The van der Waals surface area contributed by atoms with Crippen LogP contribution in [0.15, 0.2) is 46.2 Å². The number of nitrogens with one attached hydrogen (secondary N) is 1. The van der Waals surface area contributed by atoms with Crippen molar-refractivity contribution in [3.05, 3.63) is 52.2 Å². The second-order valence-corrected chi connectivity index (χ2v) is 8.18. The Balaban J connectivity index is 1.67. The van der Waals surface area contributed by atoms with Gasteiger partial charge in [0, 0.05) is 23.0 Å². The average molecular weight is 468 g/mol. The standard InChI is InChI=1S/C19H19Cl2N5O3S/c1-11(13-5-4-12(20)9-14(13)21)23-17(28)10-30-19-25-24-18(15-3-2-8-29-15)26(19)7-6-16(22)27/h2-5,8-9,11H,6-7,10H2,1H3,(H2,22,27)(H,23,28). The van der Waals surface area contributed by atoms with Gasteiger partial charge in [-0.2, -0.15) is 0 Å². The number of amides is 2. The fraction of sp³-hybridized carbons (Fsp3) is 0.263. The van der Waals surface area contributed by atoms with E-state index in [9.17, 15) is 9.59 Å². The molecule has 158 valence electrons. The van der Waals surface area contributed by atoms with Gasteiger partial charge in [0.25, 0.3) is 0 Å². The molecule has 30 heavy (non-hydrogen) atoms. The molecule has 0 fully saturated rings. The summed E-state index contributed by atoms with van der Waals surface area (Å²) in [7, 11) is 0. The molecule has 0 saturated heterocycles. The minimum atomic E-state index is -0.448. The van der Waals surface area contributed by atoms with Crippen LogP contribution in [0.5, 0.6) is 0 Å². The average Bonchev–Trinajstić information content (AvgIpc) is 3.34. The van der Waals surface area contributed by atoms with Crippen molar-refractivity contribution in [2.75, 3.05) is 5.75 Å². The number of halogens is 2. The number of primary amides is 1. The molecule has 1 atom stereocenters. The molecule has 0 aliphatic carbocycles. The van der Waals surface area contributed by atoms with Crippen molar-refractivity contribution >= 4 is 46.8 Å². The molecule has 0 radical (unpaired) electrons. The van der Waals surface area contributed by atoms with Crippen LogP contribution in [0.4, 0.5) is 0 Å². The van der Waals surface area contributed by atoms with E-state index in [1.807, 2.05) is 6.92 Å². The van der Waals surface area contributed by atoms with Crippen LogP contribution in [0.1, 0.15) is 24.9 Å². The Hall–Kier alpha value is -2.49. The molecule has 3 aromatic rings. The van der Waals surface area contributed by atoms with Crippen LogP contribution in [0.25, 0.3) is 11.6 Å². The van der Waals surface area contributed by atoms with Crippen LogP contribution < -0.4 is 11.1 Å². The van der Waals surface area contributed by atoms with Crippen LogP contribution in [0.3, 0.4) is 0 Å². The van der Waals surface area contributed by atoms with Crippen LogP contribution in [0, 0.1) is 0 Å². The van der Waals surface area contributed by atoms with Gasteiger partial charge in [0.2, 0.25) is 11.8 Å². The first-order valence-electron chi connectivity index (χ1n) is 8.97. The number of thioether (sulfide) groups is 1. The molecular weight excluding hydrogens is 449 g/mol. The van der Waals surface area contributed by atoms with E-state index >= 15 is 0 Å². The molecule has 3 rings (SSSR count). The molecule has 0 aliphatic rings. The lowest BCUT2D eigenvalue weighted by molar-refractivity contribution is -0.119. The van der Waals surface area contributed by atoms with Gasteiger partial charge in [0.05, 0.1) is 18.1 Å². The molecule has 0 aliphatic heterocycles. The smallest absolute Gasteiger partial charge is 0.230 e. The second kappa shape index (κ2) is 10.0. The van der Waals surface area contributed by atoms with Crippen molar-refractivity contribution in [2.45, 2.75) is 31.1 Å². The van der Waals surface area contributed by atoms with E-state index in [1.165, 1.54) is 18.0 Å². The largest absolute Gasteiger partial charge is 0.461 e. The van der Waals surface area contributed by atoms with Gasteiger partial charge >= 0.3 is 0 Å². The van der Waals surface area contributed by atoms with Gasteiger partial charge in [-0.15, -0.1) is 10.2 Å². The molecule has 0 bridgehead atoms. The molecule has 1 aromatic carbocycles. The maximum atomic E-state index is 12.4. The first kappa shape index (κ1) is 22.2. The number of nitrogens with two attached hydrogens (primary N) is 1. The van der Waals surface area contributed by atoms with Gasteiger partial charge in [-0.25, -0.2) is 0 Å². The maximum absolute atomic E-state index is 12.4. The van der Waals surface area contributed by atoms with Crippen molar-refractivity contribution in [3.63, 3.8) is 0 Å². The lowest BCUT2D eigenvalue weighted by Gasteiger charge is -2.16. The summed E-state index contributed by atoms with van der Waals surface area (Å²) in [4.78, 5) is 23.7. The number of furan rings is 1. The lowest BCUT2D eigenvalue weighted by Crippen LogP contribution is -2.28. The number of carbonyl (C=O) groups excluding carboxylic acids is 2. The monoisotopic (exact) mass is 467 g/mol. The summed E-state index contributed by atoms with van der Waals surface area (Å²) >= 11 is 13.3. The minimum absolute atomic E-state index is 0.0996. The Bertz CT molecular complexity index is 1040.